The van der Waals surface area contributed by atoms with Gasteiger partial charge in [0.1, 0.15) is 11.2 Å². The van der Waals surface area contributed by atoms with Gasteiger partial charge in [0.05, 0.1) is 17.1 Å². The predicted octanol–water partition coefficient (Wildman–Crippen LogP) is 3.97. The third-order valence-electron chi connectivity index (χ3n) is 4.48. The number of benzene rings is 1. The van der Waals surface area contributed by atoms with Crippen molar-refractivity contribution in [3.63, 3.8) is 0 Å². The number of aliphatic hydroxyl groups is 1. The van der Waals surface area contributed by atoms with E-state index in [-0.39, 0.29) is 5.56 Å². The molecule has 0 saturated heterocycles. The van der Waals surface area contributed by atoms with Crippen molar-refractivity contribution in [2.24, 2.45) is 0 Å². The lowest BCUT2D eigenvalue weighted by molar-refractivity contribution is -0.386. The van der Waals surface area contributed by atoms with Crippen molar-refractivity contribution in [2.45, 2.75) is 70.5 Å². The predicted molar refractivity (Wildman–Crippen MR) is 95.2 cm³/mol. The van der Waals surface area contributed by atoms with Gasteiger partial charge in [0.2, 0.25) is 5.75 Å². The monoisotopic (exact) mass is 420 g/mol. The van der Waals surface area contributed by atoms with Gasteiger partial charge < -0.3 is 14.9 Å². The number of carbonyl (C=O) groups is 1. The number of phenols is 1. The van der Waals surface area contributed by atoms with Crippen molar-refractivity contribution in [1.29, 1.82) is 0 Å². The average Bonchev–Trinajstić information content (AvgIpc) is 2.96. The molecule has 0 aromatic heterocycles. The van der Waals surface area contributed by atoms with Gasteiger partial charge in [0.15, 0.2) is 0 Å². The van der Waals surface area contributed by atoms with Gasteiger partial charge in [-0.1, -0.05) is 0 Å². The maximum absolute atomic E-state index is 13.2. The molecule has 8 nitrogen and oxygen atoms in total. The summed E-state index contributed by atoms with van der Waals surface area (Å²) in [5, 5.41) is 30.9. The maximum Gasteiger partial charge on any atom is 0.420 e. The lowest BCUT2D eigenvalue weighted by atomic mass is 10.1. The van der Waals surface area contributed by atoms with E-state index in [1.165, 1.54) is 0 Å². The molecule has 0 radical (unpaired) electrons. The SMILES string of the molecule is CC(C)(C)OC(=O)N(Cc1cc([N+](=O)[O-])c(O)c(C(F)(F)F)c1)C1CCCC1O. The number of nitro benzene ring substituents is 1. The number of aliphatic hydroxyl groups excluding tert-OH is 1. The minimum Gasteiger partial charge on any atom is -0.502 e. The molecule has 11 heteroatoms. The zero-order chi connectivity index (χ0) is 22.1. The van der Waals surface area contributed by atoms with Crippen molar-refractivity contribution >= 4 is 11.8 Å². The van der Waals surface area contributed by atoms with Gasteiger partial charge in [-0.2, -0.15) is 13.2 Å². The first-order valence-corrected chi connectivity index (χ1v) is 8.96. The van der Waals surface area contributed by atoms with Crippen LogP contribution in [0.4, 0.5) is 23.7 Å². The molecule has 0 bridgehead atoms. The smallest absolute Gasteiger partial charge is 0.420 e. The summed E-state index contributed by atoms with van der Waals surface area (Å²) in [6, 6.07) is 0.636. The molecule has 1 amide bonds. The Morgan fingerprint density at radius 3 is 2.38 bits per heavy atom. The summed E-state index contributed by atoms with van der Waals surface area (Å²) in [6.45, 7) is 4.38. The number of phenolic OH excluding ortho intramolecular Hbond substituents is 1. The first-order valence-electron chi connectivity index (χ1n) is 8.96. The number of alkyl halides is 3. The van der Waals surface area contributed by atoms with Crippen LogP contribution in [0.3, 0.4) is 0 Å². The number of carbonyl (C=O) groups excluding carboxylic acids is 1. The van der Waals surface area contributed by atoms with Gasteiger partial charge in [-0.15, -0.1) is 0 Å². The second-order valence-corrected chi connectivity index (χ2v) is 7.94. The summed E-state index contributed by atoms with van der Waals surface area (Å²) >= 11 is 0. The summed E-state index contributed by atoms with van der Waals surface area (Å²) < 4.78 is 45.0. The van der Waals surface area contributed by atoms with Gasteiger partial charge in [-0.05, 0) is 51.7 Å². The van der Waals surface area contributed by atoms with E-state index in [4.69, 9.17) is 4.74 Å². The minimum absolute atomic E-state index is 0.216. The van der Waals surface area contributed by atoms with Crippen LogP contribution in [0.15, 0.2) is 12.1 Å². The summed E-state index contributed by atoms with van der Waals surface area (Å²) in [5.41, 5.74) is -3.80. The van der Waals surface area contributed by atoms with E-state index in [1.54, 1.807) is 20.8 Å². The van der Waals surface area contributed by atoms with Gasteiger partial charge in [0.25, 0.3) is 0 Å². The molecule has 1 saturated carbocycles. The Morgan fingerprint density at radius 2 is 1.93 bits per heavy atom. The number of halogens is 3. The van der Waals surface area contributed by atoms with Gasteiger partial charge >= 0.3 is 18.0 Å². The Labute approximate surface area is 165 Å². The zero-order valence-corrected chi connectivity index (χ0v) is 16.2. The quantitative estimate of drug-likeness (QED) is 0.563. The van der Waals surface area contributed by atoms with E-state index >= 15 is 0 Å². The summed E-state index contributed by atoms with van der Waals surface area (Å²) in [4.78, 5) is 23.7. The van der Waals surface area contributed by atoms with Crippen LogP contribution in [-0.4, -0.2) is 43.9 Å². The number of amides is 1. The van der Waals surface area contributed by atoms with Crippen LogP contribution in [0.5, 0.6) is 5.75 Å². The molecule has 2 atom stereocenters. The van der Waals surface area contributed by atoms with E-state index in [9.17, 15) is 38.3 Å². The molecule has 2 rings (SSSR count). The third-order valence-corrected chi connectivity index (χ3v) is 4.48. The van der Waals surface area contributed by atoms with E-state index in [2.05, 4.69) is 0 Å². The van der Waals surface area contributed by atoms with Crippen molar-refractivity contribution < 1.29 is 37.8 Å². The van der Waals surface area contributed by atoms with Crippen molar-refractivity contribution in [3.05, 3.63) is 33.4 Å². The standard InChI is InChI=1S/C18H23F3N2O6/c1-17(2,3)29-16(26)22(12-5-4-6-14(12)24)9-10-7-11(18(19,20)21)15(25)13(8-10)23(27)28/h7-8,12,14,24-25H,4-6,9H2,1-3H3. The molecule has 1 aliphatic rings. The molecule has 0 heterocycles. The fourth-order valence-electron chi connectivity index (χ4n) is 3.24. The van der Waals surface area contributed by atoms with Crippen LogP contribution in [0, 0.1) is 10.1 Å². The number of nitrogens with zero attached hydrogens (tertiary/aromatic N) is 2. The highest BCUT2D eigenvalue weighted by Crippen LogP contribution is 2.42. The summed E-state index contributed by atoms with van der Waals surface area (Å²) in [6.07, 6.45) is -5.35. The van der Waals surface area contributed by atoms with Gasteiger partial charge in [0, 0.05) is 12.6 Å². The second kappa shape index (κ2) is 8.05. The molecule has 1 aromatic carbocycles. The molecule has 162 valence electrons. The number of nitro groups is 1. The molecule has 2 N–H and O–H groups in total. The Bertz CT molecular complexity index is 791. The summed E-state index contributed by atoms with van der Waals surface area (Å²) in [7, 11) is 0. The lowest BCUT2D eigenvalue weighted by Gasteiger charge is -2.33. The Balaban J connectivity index is 2.48. The highest BCUT2D eigenvalue weighted by molar-refractivity contribution is 5.69. The average molecular weight is 420 g/mol. The van der Waals surface area contributed by atoms with Gasteiger partial charge in [-0.25, -0.2) is 4.79 Å². The number of rotatable bonds is 4. The molecule has 1 aromatic rings. The summed E-state index contributed by atoms with van der Waals surface area (Å²) in [5.74, 6) is -1.49. The van der Waals surface area contributed by atoms with Crippen LogP contribution in [0.25, 0.3) is 0 Å². The zero-order valence-electron chi connectivity index (χ0n) is 16.2. The van der Waals surface area contributed by atoms with Crippen LogP contribution in [0.1, 0.15) is 51.2 Å². The van der Waals surface area contributed by atoms with Crippen molar-refractivity contribution in [3.8, 4) is 5.75 Å². The van der Waals surface area contributed by atoms with Crippen LogP contribution < -0.4 is 0 Å². The van der Waals surface area contributed by atoms with E-state index in [0.29, 0.717) is 25.3 Å². The highest BCUT2D eigenvalue weighted by atomic mass is 19.4. The van der Waals surface area contributed by atoms with E-state index < -0.39 is 58.5 Å². The van der Waals surface area contributed by atoms with Crippen molar-refractivity contribution in [2.75, 3.05) is 0 Å². The number of ether oxygens (including phenoxy) is 1. The van der Waals surface area contributed by atoms with Crippen LogP contribution >= 0.6 is 0 Å². The first kappa shape index (κ1) is 22.7. The van der Waals surface area contributed by atoms with Crippen LogP contribution in [-0.2, 0) is 17.5 Å². The molecular weight excluding hydrogens is 397 g/mol. The Morgan fingerprint density at radius 1 is 1.31 bits per heavy atom. The highest BCUT2D eigenvalue weighted by Gasteiger charge is 2.40. The topological polar surface area (TPSA) is 113 Å². The molecule has 29 heavy (non-hydrogen) atoms. The molecule has 0 spiro atoms. The van der Waals surface area contributed by atoms with E-state index in [1.807, 2.05) is 0 Å². The van der Waals surface area contributed by atoms with Crippen molar-refractivity contribution in [1.82, 2.24) is 4.90 Å². The number of aromatic hydroxyl groups is 1. The lowest BCUT2D eigenvalue weighted by Crippen LogP contribution is -2.46. The Hall–Kier alpha value is -2.56. The first-order chi connectivity index (χ1) is 13.2. The fourth-order valence-corrected chi connectivity index (χ4v) is 3.24. The maximum atomic E-state index is 13.2. The number of hydrogen-bond donors (Lipinski definition) is 2. The largest absolute Gasteiger partial charge is 0.502 e. The molecular formula is C18H23F3N2O6. The van der Waals surface area contributed by atoms with Gasteiger partial charge in [-0.3, -0.25) is 15.0 Å². The normalized spacial score (nSPS) is 19.8. The molecule has 1 aliphatic carbocycles. The fraction of sp³-hybridized carbons (Fsp3) is 0.611. The number of hydrogen-bond acceptors (Lipinski definition) is 6. The second-order valence-electron chi connectivity index (χ2n) is 7.94. The molecule has 2 unspecified atom stereocenters. The van der Waals surface area contributed by atoms with Crippen LogP contribution in [0.2, 0.25) is 0 Å². The third kappa shape index (κ3) is 5.49. The molecule has 0 aliphatic heterocycles. The minimum atomic E-state index is -5.03. The van der Waals surface area contributed by atoms with E-state index in [0.717, 1.165) is 11.0 Å². The molecule has 1 fully saturated rings. The Kier molecular flexibility index (Phi) is 6.31.